The van der Waals surface area contributed by atoms with Gasteiger partial charge in [0.05, 0.1) is 23.7 Å². The third-order valence-electron chi connectivity index (χ3n) is 5.58. The van der Waals surface area contributed by atoms with Crippen LogP contribution in [0.3, 0.4) is 0 Å². The van der Waals surface area contributed by atoms with E-state index in [1.807, 2.05) is 19.1 Å². The number of hydrogen-bond donors (Lipinski definition) is 0. The molecule has 0 amide bonds. The van der Waals surface area contributed by atoms with E-state index in [1.54, 1.807) is 37.3 Å². The molecule has 0 bridgehead atoms. The van der Waals surface area contributed by atoms with E-state index in [9.17, 15) is 22.8 Å². The summed E-state index contributed by atoms with van der Waals surface area (Å²) >= 11 is 1.41. The smallest absolute Gasteiger partial charge is 0.416 e. The van der Waals surface area contributed by atoms with E-state index in [0.717, 1.165) is 28.2 Å². The molecule has 0 aliphatic rings. The predicted octanol–water partition coefficient (Wildman–Crippen LogP) is 5.72. The number of ether oxygens (including phenoxy) is 2. The lowest BCUT2D eigenvalue weighted by Gasteiger charge is -2.10. The highest BCUT2D eigenvalue weighted by molar-refractivity contribution is 7.98. The number of halogens is 3. The summed E-state index contributed by atoms with van der Waals surface area (Å²) in [5.41, 5.74) is 1.75. The summed E-state index contributed by atoms with van der Waals surface area (Å²) in [6, 6.07) is 17.3. The standard InChI is InChI=1S/C27H24F3N3O4S/c1-3-36-25(34)15-37-24-13-12-23(14-18(24)2)38-17-33-26(35)32(16-31-33)22-10-6-20(7-11-22)19-4-8-21(9-5-19)27(28,29)30/h4-14,16H,3,15,17H2,1-2H3. The van der Waals surface area contributed by atoms with Crippen LogP contribution in [0.2, 0.25) is 0 Å². The summed E-state index contributed by atoms with van der Waals surface area (Å²) in [6.45, 7) is 3.71. The molecule has 11 heteroatoms. The van der Waals surface area contributed by atoms with Gasteiger partial charge in [-0.3, -0.25) is 0 Å². The SMILES string of the molecule is CCOC(=O)COc1ccc(SCn2ncn(-c3ccc(-c4ccc(C(F)(F)F)cc4)cc3)c2=O)cc1C. The minimum Gasteiger partial charge on any atom is -0.482 e. The Morgan fingerprint density at radius 1 is 1.00 bits per heavy atom. The lowest BCUT2D eigenvalue weighted by molar-refractivity contribution is -0.145. The normalized spacial score (nSPS) is 11.4. The number of thioether (sulfide) groups is 1. The second-order valence-corrected chi connectivity index (χ2v) is 9.22. The van der Waals surface area contributed by atoms with Crippen molar-refractivity contribution >= 4 is 17.7 Å². The second kappa shape index (κ2) is 11.6. The average molecular weight is 544 g/mol. The molecule has 38 heavy (non-hydrogen) atoms. The first-order valence-electron chi connectivity index (χ1n) is 11.6. The van der Waals surface area contributed by atoms with Gasteiger partial charge in [-0.15, -0.1) is 11.8 Å². The van der Waals surface area contributed by atoms with Crippen molar-refractivity contribution in [3.8, 4) is 22.6 Å². The molecule has 0 atom stereocenters. The molecule has 0 fully saturated rings. The first kappa shape index (κ1) is 27.1. The Labute approximate surface area is 220 Å². The van der Waals surface area contributed by atoms with Gasteiger partial charge in [-0.05, 0) is 73.0 Å². The van der Waals surface area contributed by atoms with Gasteiger partial charge < -0.3 is 9.47 Å². The predicted molar refractivity (Wildman–Crippen MR) is 137 cm³/mol. The van der Waals surface area contributed by atoms with Crippen LogP contribution >= 0.6 is 11.8 Å². The highest BCUT2D eigenvalue weighted by Gasteiger charge is 2.29. The lowest BCUT2D eigenvalue weighted by atomic mass is 10.0. The molecular formula is C27H24F3N3O4S. The molecule has 0 aliphatic carbocycles. The largest absolute Gasteiger partial charge is 0.482 e. The zero-order chi connectivity index (χ0) is 27.3. The number of carbonyl (C=O) groups is 1. The molecule has 4 rings (SSSR count). The number of rotatable bonds is 9. The summed E-state index contributed by atoms with van der Waals surface area (Å²) < 4.78 is 51.5. The molecule has 0 N–H and O–H groups in total. The van der Waals surface area contributed by atoms with E-state index in [1.165, 1.54) is 39.5 Å². The van der Waals surface area contributed by atoms with Gasteiger partial charge >= 0.3 is 17.8 Å². The molecule has 0 spiro atoms. The highest BCUT2D eigenvalue weighted by atomic mass is 32.2. The van der Waals surface area contributed by atoms with Crippen LogP contribution in [0.25, 0.3) is 16.8 Å². The molecule has 7 nitrogen and oxygen atoms in total. The van der Waals surface area contributed by atoms with Gasteiger partial charge in [-0.2, -0.15) is 18.3 Å². The number of aryl methyl sites for hydroxylation is 1. The topological polar surface area (TPSA) is 75.3 Å². The Hall–Kier alpha value is -3.99. The molecular weight excluding hydrogens is 519 g/mol. The zero-order valence-corrected chi connectivity index (χ0v) is 21.4. The van der Waals surface area contributed by atoms with Gasteiger partial charge in [0, 0.05) is 4.90 Å². The van der Waals surface area contributed by atoms with Crippen LogP contribution in [0, 0.1) is 6.92 Å². The molecule has 0 unspecified atom stereocenters. The van der Waals surface area contributed by atoms with Gasteiger partial charge in [0.1, 0.15) is 12.1 Å². The lowest BCUT2D eigenvalue weighted by Crippen LogP contribution is -2.23. The number of carbonyl (C=O) groups excluding carboxylic acids is 1. The van der Waals surface area contributed by atoms with Crippen molar-refractivity contribution in [2.24, 2.45) is 0 Å². The molecule has 198 valence electrons. The zero-order valence-electron chi connectivity index (χ0n) is 20.6. The minimum atomic E-state index is -4.38. The molecule has 0 saturated heterocycles. The Balaban J connectivity index is 1.40. The van der Waals surface area contributed by atoms with Crippen molar-refractivity contribution in [3.05, 3.63) is 94.7 Å². The van der Waals surface area contributed by atoms with Crippen LogP contribution in [0.4, 0.5) is 13.2 Å². The maximum absolute atomic E-state index is 12.9. The molecule has 4 aromatic rings. The summed E-state index contributed by atoms with van der Waals surface area (Å²) in [6.07, 6.45) is -2.96. The van der Waals surface area contributed by atoms with Crippen LogP contribution in [0.5, 0.6) is 5.75 Å². The molecule has 1 aromatic heterocycles. The molecule has 0 radical (unpaired) electrons. The average Bonchev–Trinajstić information content (AvgIpc) is 3.26. The number of aromatic nitrogens is 3. The number of benzene rings is 3. The molecule has 0 aliphatic heterocycles. The summed E-state index contributed by atoms with van der Waals surface area (Å²) in [4.78, 5) is 25.3. The number of nitrogens with zero attached hydrogens (tertiary/aromatic N) is 3. The summed E-state index contributed by atoms with van der Waals surface area (Å²) in [7, 11) is 0. The van der Waals surface area contributed by atoms with E-state index in [2.05, 4.69) is 5.10 Å². The van der Waals surface area contributed by atoms with Gasteiger partial charge in [0.25, 0.3) is 0 Å². The van der Waals surface area contributed by atoms with E-state index in [4.69, 9.17) is 9.47 Å². The van der Waals surface area contributed by atoms with Crippen molar-refractivity contribution in [2.75, 3.05) is 13.2 Å². The minimum absolute atomic E-state index is 0.167. The van der Waals surface area contributed by atoms with Crippen LogP contribution in [-0.4, -0.2) is 33.5 Å². The van der Waals surface area contributed by atoms with Crippen LogP contribution < -0.4 is 10.4 Å². The quantitative estimate of drug-likeness (QED) is 0.199. The van der Waals surface area contributed by atoms with Crippen molar-refractivity contribution in [1.29, 1.82) is 0 Å². The fourth-order valence-corrected chi connectivity index (χ4v) is 4.49. The molecule has 1 heterocycles. The fraction of sp³-hybridized carbons (Fsp3) is 0.222. The Bertz CT molecular complexity index is 1460. The third-order valence-corrected chi connectivity index (χ3v) is 6.54. The highest BCUT2D eigenvalue weighted by Crippen LogP contribution is 2.31. The van der Waals surface area contributed by atoms with Gasteiger partial charge in [0.15, 0.2) is 6.61 Å². The Morgan fingerprint density at radius 3 is 2.26 bits per heavy atom. The van der Waals surface area contributed by atoms with Crippen LogP contribution in [0.1, 0.15) is 18.1 Å². The first-order chi connectivity index (χ1) is 18.2. The van der Waals surface area contributed by atoms with E-state index >= 15 is 0 Å². The van der Waals surface area contributed by atoms with Gasteiger partial charge in [-0.25, -0.2) is 18.8 Å². The van der Waals surface area contributed by atoms with Crippen LogP contribution in [0.15, 0.2) is 82.7 Å². The maximum Gasteiger partial charge on any atom is 0.416 e. The number of esters is 1. The van der Waals surface area contributed by atoms with Crippen molar-refractivity contribution < 1.29 is 27.4 Å². The van der Waals surface area contributed by atoms with E-state index < -0.39 is 17.7 Å². The monoisotopic (exact) mass is 543 g/mol. The third kappa shape index (κ3) is 6.46. The summed E-state index contributed by atoms with van der Waals surface area (Å²) in [5.74, 6) is 0.413. The molecule has 0 saturated carbocycles. The summed E-state index contributed by atoms with van der Waals surface area (Å²) in [5, 5.41) is 4.19. The Morgan fingerprint density at radius 2 is 1.66 bits per heavy atom. The number of alkyl halides is 3. The maximum atomic E-state index is 12.9. The van der Waals surface area contributed by atoms with Gasteiger partial charge in [0.2, 0.25) is 0 Å². The van der Waals surface area contributed by atoms with Crippen molar-refractivity contribution in [2.45, 2.75) is 30.8 Å². The van der Waals surface area contributed by atoms with Crippen molar-refractivity contribution in [1.82, 2.24) is 14.3 Å². The van der Waals surface area contributed by atoms with Crippen molar-refractivity contribution in [3.63, 3.8) is 0 Å². The van der Waals surface area contributed by atoms with E-state index in [-0.39, 0.29) is 18.2 Å². The fourth-order valence-electron chi connectivity index (χ4n) is 3.62. The van der Waals surface area contributed by atoms with E-state index in [0.29, 0.717) is 23.6 Å². The first-order valence-corrected chi connectivity index (χ1v) is 12.6. The number of hydrogen-bond acceptors (Lipinski definition) is 6. The second-order valence-electron chi connectivity index (χ2n) is 8.20. The van der Waals surface area contributed by atoms with Crippen LogP contribution in [-0.2, 0) is 21.6 Å². The van der Waals surface area contributed by atoms with Gasteiger partial charge in [-0.1, -0.05) is 24.3 Å². The Kier molecular flexibility index (Phi) is 8.26. The molecule has 3 aromatic carbocycles.